The molecule has 7 heteroatoms. The average molecular weight is 430 g/mol. The van der Waals surface area contributed by atoms with Crippen LogP contribution in [0.3, 0.4) is 0 Å². The van der Waals surface area contributed by atoms with Gasteiger partial charge in [-0.05, 0) is 48.4 Å². The second-order valence-corrected chi connectivity index (χ2v) is 8.25. The second kappa shape index (κ2) is 9.85. The topological polar surface area (TPSA) is 61.9 Å². The molecule has 30 heavy (non-hydrogen) atoms. The van der Waals surface area contributed by atoms with Gasteiger partial charge in [-0.25, -0.2) is 0 Å². The van der Waals surface area contributed by atoms with Crippen LogP contribution in [-0.2, 0) is 4.79 Å². The summed E-state index contributed by atoms with van der Waals surface area (Å²) >= 11 is 6.20. The molecule has 0 atom stereocenters. The molecule has 0 bridgehead atoms. The van der Waals surface area contributed by atoms with Crippen LogP contribution in [0.1, 0.15) is 30.6 Å². The summed E-state index contributed by atoms with van der Waals surface area (Å²) in [5, 5.41) is 3.53. The van der Waals surface area contributed by atoms with Crippen molar-refractivity contribution in [1.82, 2.24) is 4.90 Å². The number of carbonyl (C=O) groups is 2. The highest BCUT2D eigenvalue weighted by Gasteiger charge is 2.23. The SMILES string of the molecule is COc1ccc(C(=O)Nc2cc(Cl)ccc2N2CCN(C(=O)CC(C)C)CC2)cc1. The van der Waals surface area contributed by atoms with E-state index in [0.717, 1.165) is 5.69 Å². The third kappa shape index (κ3) is 5.45. The van der Waals surface area contributed by atoms with E-state index in [9.17, 15) is 9.59 Å². The van der Waals surface area contributed by atoms with E-state index >= 15 is 0 Å². The Hall–Kier alpha value is -2.73. The van der Waals surface area contributed by atoms with Crippen LogP contribution in [0.25, 0.3) is 0 Å². The van der Waals surface area contributed by atoms with Gasteiger partial charge in [0.25, 0.3) is 5.91 Å². The lowest BCUT2D eigenvalue weighted by Crippen LogP contribution is -2.49. The Bertz CT molecular complexity index is 891. The summed E-state index contributed by atoms with van der Waals surface area (Å²) in [6, 6.07) is 12.4. The van der Waals surface area contributed by atoms with E-state index in [-0.39, 0.29) is 11.8 Å². The molecule has 1 N–H and O–H groups in total. The zero-order valence-electron chi connectivity index (χ0n) is 17.7. The van der Waals surface area contributed by atoms with E-state index in [1.165, 1.54) is 0 Å². The number of anilines is 2. The van der Waals surface area contributed by atoms with Crippen LogP contribution < -0.4 is 15.0 Å². The molecule has 0 spiro atoms. The number of nitrogens with one attached hydrogen (secondary N) is 1. The summed E-state index contributed by atoms with van der Waals surface area (Å²) in [4.78, 5) is 29.2. The lowest BCUT2D eigenvalue weighted by molar-refractivity contribution is -0.132. The van der Waals surface area contributed by atoms with Crippen LogP contribution in [0, 0.1) is 5.92 Å². The summed E-state index contributed by atoms with van der Waals surface area (Å²) in [6.07, 6.45) is 0.574. The molecule has 0 unspecified atom stereocenters. The predicted molar refractivity (Wildman–Crippen MR) is 121 cm³/mol. The van der Waals surface area contributed by atoms with Crippen LogP contribution in [0.2, 0.25) is 5.02 Å². The number of piperazine rings is 1. The minimum absolute atomic E-state index is 0.203. The standard InChI is InChI=1S/C23H28ClN3O3/c1-16(2)14-22(28)27-12-10-26(11-13-27)21-9-6-18(24)15-20(21)25-23(29)17-4-7-19(30-3)8-5-17/h4-9,15-16H,10-14H2,1-3H3,(H,25,29). The van der Waals surface area contributed by atoms with Gasteiger partial charge in [-0.3, -0.25) is 9.59 Å². The molecule has 2 aromatic rings. The van der Waals surface area contributed by atoms with Gasteiger partial charge >= 0.3 is 0 Å². The first-order valence-corrected chi connectivity index (χ1v) is 10.5. The van der Waals surface area contributed by atoms with Gasteiger partial charge in [-0.1, -0.05) is 25.4 Å². The maximum absolute atomic E-state index is 12.7. The lowest BCUT2D eigenvalue weighted by Gasteiger charge is -2.37. The molecule has 3 rings (SSSR count). The molecule has 2 aromatic carbocycles. The second-order valence-electron chi connectivity index (χ2n) is 7.81. The average Bonchev–Trinajstić information content (AvgIpc) is 2.73. The van der Waals surface area contributed by atoms with Gasteiger partial charge in [0, 0.05) is 43.2 Å². The van der Waals surface area contributed by atoms with Crippen molar-refractivity contribution in [1.29, 1.82) is 0 Å². The first-order chi connectivity index (χ1) is 14.4. The smallest absolute Gasteiger partial charge is 0.255 e. The Morgan fingerprint density at radius 2 is 1.73 bits per heavy atom. The van der Waals surface area contributed by atoms with E-state index < -0.39 is 0 Å². The Morgan fingerprint density at radius 1 is 1.07 bits per heavy atom. The van der Waals surface area contributed by atoms with Crippen molar-refractivity contribution >= 4 is 34.8 Å². The van der Waals surface area contributed by atoms with Crippen LogP contribution in [0.15, 0.2) is 42.5 Å². The van der Waals surface area contributed by atoms with Crippen molar-refractivity contribution in [2.75, 3.05) is 43.5 Å². The fourth-order valence-corrected chi connectivity index (χ4v) is 3.67. The number of ether oxygens (including phenoxy) is 1. The predicted octanol–water partition coefficient (Wildman–Crippen LogP) is 4.30. The number of methoxy groups -OCH3 is 1. The molecule has 1 saturated heterocycles. The van der Waals surface area contributed by atoms with Crippen molar-refractivity contribution in [3.8, 4) is 5.75 Å². The van der Waals surface area contributed by atoms with Gasteiger partial charge in [0.2, 0.25) is 5.91 Å². The number of nitrogens with zero attached hydrogens (tertiary/aromatic N) is 2. The number of benzene rings is 2. The molecule has 2 amide bonds. The van der Waals surface area contributed by atoms with E-state index in [1.807, 2.05) is 17.0 Å². The number of amides is 2. The maximum Gasteiger partial charge on any atom is 0.255 e. The van der Waals surface area contributed by atoms with Gasteiger partial charge in [-0.15, -0.1) is 0 Å². The van der Waals surface area contributed by atoms with Crippen LogP contribution in [0.4, 0.5) is 11.4 Å². The van der Waals surface area contributed by atoms with Crippen molar-refractivity contribution in [2.24, 2.45) is 5.92 Å². The largest absolute Gasteiger partial charge is 0.497 e. The van der Waals surface area contributed by atoms with Gasteiger partial charge < -0.3 is 19.9 Å². The summed E-state index contributed by atoms with van der Waals surface area (Å²) in [7, 11) is 1.59. The Balaban J connectivity index is 1.71. The van der Waals surface area contributed by atoms with E-state index in [1.54, 1.807) is 37.4 Å². The Kier molecular flexibility index (Phi) is 7.21. The maximum atomic E-state index is 12.7. The molecule has 1 aliphatic heterocycles. The molecule has 0 aliphatic carbocycles. The number of rotatable bonds is 6. The molecule has 6 nitrogen and oxygen atoms in total. The molecule has 0 saturated carbocycles. The van der Waals surface area contributed by atoms with Crippen molar-refractivity contribution < 1.29 is 14.3 Å². The highest BCUT2D eigenvalue weighted by Crippen LogP contribution is 2.30. The summed E-state index contributed by atoms with van der Waals surface area (Å²) < 4.78 is 5.14. The van der Waals surface area contributed by atoms with Gasteiger partial charge in [0.05, 0.1) is 18.5 Å². The summed E-state index contributed by atoms with van der Waals surface area (Å²) in [5.74, 6) is 1.03. The molecular formula is C23H28ClN3O3. The van der Waals surface area contributed by atoms with E-state index in [0.29, 0.717) is 60.5 Å². The summed E-state index contributed by atoms with van der Waals surface area (Å²) in [5.41, 5.74) is 2.09. The molecule has 1 fully saturated rings. The molecule has 0 radical (unpaired) electrons. The number of hydrogen-bond acceptors (Lipinski definition) is 4. The van der Waals surface area contributed by atoms with Gasteiger partial charge in [0.1, 0.15) is 5.75 Å². The van der Waals surface area contributed by atoms with Crippen LogP contribution in [0.5, 0.6) is 5.75 Å². The van der Waals surface area contributed by atoms with Crippen molar-refractivity contribution in [2.45, 2.75) is 20.3 Å². The molecule has 0 aromatic heterocycles. The third-order valence-corrected chi connectivity index (χ3v) is 5.35. The quantitative estimate of drug-likeness (QED) is 0.743. The van der Waals surface area contributed by atoms with Crippen LogP contribution >= 0.6 is 11.6 Å². The van der Waals surface area contributed by atoms with Gasteiger partial charge in [0.15, 0.2) is 0 Å². The number of hydrogen-bond donors (Lipinski definition) is 1. The van der Waals surface area contributed by atoms with Crippen molar-refractivity contribution in [3.05, 3.63) is 53.1 Å². The fraction of sp³-hybridized carbons (Fsp3) is 0.391. The minimum atomic E-state index is -0.216. The minimum Gasteiger partial charge on any atom is -0.497 e. The lowest BCUT2D eigenvalue weighted by atomic mass is 10.1. The summed E-state index contributed by atoms with van der Waals surface area (Å²) in [6.45, 7) is 6.85. The molecule has 1 heterocycles. The monoisotopic (exact) mass is 429 g/mol. The highest BCUT2D eigenvalue weighted by molar-refractivity contribution is 6.31. The highest BCUT2D eigenvalue weighted by atomic mass is 35.5. The molecule has 160 valence electrons. The zero-order chi connectivity index (χ0) is 21.7. The van der Waals surface area contributed by atoms with Crippen LogP contribution in [-0.4, -0.2) is 50.0 Å². The Labute approximate surface area is 182 Å². The number of carbonyl (C=O) groups excluding carboxylic acids is 2. The first-order valence-electron chi connectivity index (χ1n) is 10.1. The van der Waals surface area contributed by atoms with Gasteiger partial charge in [-0.2, -0.15) is 0 Å². The van der Waals surface area contributed by atoms with Crippen molar-refractivity contribution in [3.63, 3.8) is 0 Å². The molecular weight excluding hydrogens is 402 g/mol. The normalized spacial score (nSPS) is 14.0. The molecule has 1 aliphatic rings. The van der Waals surface area contributed by atoms with E-state index in [2.05, 4.69) is 24.1 Å². The van der Waals surface area contributed by atoms with E-state index in [4.69, 9.17) is 16.3 Å². The fourth-order valence-electron chi connectivity index (χ4n) is 3.50. The first kappa shape index (κ1) is 22.0. The third-order valence-electron chi connectivity index (χ3n) is 5.11. The zero-order valence-corrected chi connectivity index (χ0v) is 18.4. The Morgan fingerprint density at radius 3 is 2.33 bits per heavy atom. The number of halogens is 1.